The molecular weight excluding hydrogens is 877 g/mol. The van der Waals surface area contributed by atoms with Crippen molar-refractivity contribution in [1.82, 2.24) is 9.55 Å². The molecule has 0 N–H and O–H groups in total. The lowest BCUT2D eigenvalue weighted by Gasteiger charge is -2.34. The summed E-state index contributed by atoms with van der Waals surface area (Å²) in [5.74, 6) is 2.34. The molecule has 0 bridgehead atoms. The van der Waals surface area contributed by atoms with Crippen LogP contribution in [0.1, 0.15) is 22.3 Å². The molecule has 0 spiro atoms. The normalized spacial score (nSPS) is 13.3. The number of para-hydroxylation sites is 4. The number of ether oxygens (including phenoxy) is 1. The summed E-state index contributed by atoms with van der Waals surface area (Å²) >= 11 is 0. The molecule has 3 heterocycles. The Morgan fingerprint density at radius 3 is 1.65 bits per heavy atom. The van der Waals surface area contributed by atoms with Gasteiger partial charge in [-0.3, -0.25) is 4.57 Å². The molecule has 2 aliphatic rings. The van der Waals surface area contributed by atoms with E-state index in [0.717, 1.165) is 61.7 Å². The van der Waals surface area contributed by atoms with Gasteiger partial charge in [0.1, 0.15) is 24.0 Å². The van der Waals surface area contributed by atoms with E-state index in [4.69, 9.17) is 9.72 Å². The van der Waals surface area contributed by atoms with Crippen LogP contribution >= 0.6 is 0 Å². The van der Waals surface area contributed by atoms with Crippen molar-refractivity contribution < 1.29 is 4.74 Å². The standard InChI is InChI=1S/C67H46N4O/c1-4-20-46(21-5-1)53-31-19-32-54(47-22-6-2-7-23-47)66(53)70-45-69(62-36-16-17-37-63(62)70)50-26-18-27-51(43-50)72-52-38-39-58-57-30-12-15-35-61(57)71(64(58)44-52)65-42-49(40-41-68-65)67(48-24-8-3-9-25-48)59-33-13-10-28-55(59)56-29-11-14-34-60(56)67/h1-44H,45H2. The van der Waals surface area contributed by atoms with E-state index in [1.165, 1.54) is 55.8 Å². The maximum Gasteiger partial charge on any atom is 0.137 e. The van der Waals surface area contributed by atoms with E-state index in [0.29, 0.717) is 6.67 Å². The lowest BCUT2D eigenvalue weighted by molar-refractivity contribution is 0.483. The van der Waals surface area contributed by atoms with Crippen LogP contribution < -0.4 is 14.5 Å². The van der Waals surface area contributed by atoms with Gasteiger partial charge in [-0.25, -0.2) is 4.98 Å². The SMILES string of the molecule is c1ccc(-c2cccc(-c3ccccc3)c2N2CN(c3cccc(Oc4ccc5c6ccccc6n(-c6cc(C7(c8ccccc8)c8ccccc8-c8ccccc87)ccn6)c5c4)c3)c3ccccc32)cc1. The van der Waals surface area contributed by atoms with E-state index in [1.807, 2.05) is 12.3 Å². The fraction of sp³-hybridized carbons (Fsp3) is 0.0299. The van der Waals surface area contributed by atoms with Crippen molar-refractivity contribution in [2.75, 3.05) is 16.5 Å². The summed E-state index contributed by atoms with van der Waals surface area (Å²) in [6.07, 6.45) is 1.98. The molecule has 0 saturated heterocycles. The van der Waals surface area contributed by atoms with Gasteiger partial charge in [0, 0.05) is 45.9 Å². The zero-order chi connectivity index (χ0) is 47.6. The second kappa shape index (κ2) is 16.9. The quantitative estimate of drug-likeness (QED) is 0.144. The average Bonchev–Trinajstić information content (AvgIpc) is 4.11. The fourth-order valence-electron chi connectivity index (χ4n) is 11.8. The minimum atomic E-state index is -0.549. The number of benzene rings is 10. The number of aromatic nitrogens is 2. The zero-order valence-corrected chi connectivity index (χ0v) is 39.3. The number of fused-ring (bicyclic) bond motifs is 7. The van der Waals surface area contributed by atoms with Gasteiger partial charge in [-0.1, -0.05) is 194 Å². The predicted molar refractivity (Wildman–Crippen MR) is 295 cm³/mol. The molecule has 14 rings (SSSR count). The molecule has 0 atom stereocenters. The summed E-state index contributed by atoms with van der Waals surface area (Å²) in [5, 5.41) is 2.29. The molecule has 0 unspecified atom stereocenters. The molecule has 5 nitrogen and oxygen atoms in total. The third-order valence-corrected chi connectivity index (χ3v) is 14.8. The molecule has 72 heavy (non-hydrogen) atoms. The minimum Gasteiger partial charge on any atom is -0.457 e. The molecule has 1 aliphatic heterocycles. The van der Waals surface area contributed by atoms with Crippen molar-refractivity contribution in [3.63, 3.8) is 0 Å². The predicted octanol–water partition coefficient (Wildman–Crippen LogP) is 16.9. The van der Waals surface area contributed by atoms with Crippen molar-refractivity contribution in [3.8, 4) is 50.7 Å². The van der Waals surface area contributed by atoms with Gasteiger partial charge in [0.05, 0.1) is 33.5 Å². The summed E-state index contributed by atoms with van der Waals surface area (Å²) < 4.78 is 9.21. The molecule has 1 aliphatic carbocycles. The van der Waals surface area contributed by atoms with Crippen LogP contribution in [-0.4, -0.2) is 16.2 Å². The highest BCUT2D eigenvalue weighted by molar-refractivity contribution is 6.09. The third kappa shape index (κ3) is 6.51. The van der Waals surface area contributed by atoms with E-state index in [1.54, 1.807) is 0 Å². The Bertz CT molecular complexity index is 3910. The first kappa shape index (κ1) is 41.5. The van der Waals surface area contributed by atoms with Gasteiger partial charge in [0.15, 0.2) is 0 Å². The topological polar surface area (TPSA) is 33.5 Å². The molecular formula is C67H46N4O. The van der Waals surface area contributed by atoms with Crippen LogP contribution in [0.25, 0.3) is 61.0 Å². The van der Waals surface area contributed by atoms with Crippen molar-refractivity contribution >= 4 is 44.6 Å². The van der Waals surface area contributed by atoms with Crippen LogP contribution in [-0.2, 0) is 5.41 Å². The monoisotopic (exact) mass is 922 g/mol. The number of pyridine rings is 1. The molecule has 0 radical (unpaired) electrons. The van der Waals surface area contributed by atoms with Crippen LogP contribution in [0.15, 0.2) is 267 Å². The smallest absolute Gasteiger partial charge is 0.137 e. The maximum atomic E-state index is 6.91. The van der Waals surface area contributed by atoms with Gasteiger partial charge in [-0.15, -0.1) is 0 Å². The van der Waals surface area contributed by atoms with Crippen LogP contribution in [0, 0.1) is 0 Å². The summed E-state index contributed by atoms with van der Waals surface area (Å²) in [7, 11) is 0. The lowest BCUT2D eigenvalue weighted by atomic mass is 9.68. The lowest BCUT2D eigenvalue weighted by Crippen LogP contribution is -2.28. The van der Waals surface area contributed by atoms with E-state index >= 15 is 0 Å². The Balaban J connectivity index is 0.854. The summed E-state index contributed by atoms with van der Waals surface area (Å²) in [6.45, 7) is 0.618. The molecule has 0 amide bonds. The van der Waals surface area contributed by atoms with Gasteiger partial charge >= 0.3 is 0 Å². The highest BCUT2D eigenvalue weighted by Crippen LogP contribution is 2.56. The largest absolute Gasteiger partial charge is 0.457 e. The number of hydrogen-bond donors (Lipinski definition) is 0. The van der Waals surface area contributed by atoms with E-state index in [9.17, 15) is 0 Å². The van der Waals surface area contributed by atoms with Crippen LogP contribution in [0.5, 0.6) is 11.5 Å². The van der Waals surface area contributed by atoms with Crippen molar-refractivity contribution in [1.29, 1.82) is 0 Å². The van der Waals surface area contributed by atoms with Crippen molar-refractivity contribution in [2.24, 2.45) is 0 Å². The molecule has 340 valence electrons. The van der Waals surface area contributed by atoms with E-state index < -0.39 is 5.41 Å². The summed E-state index contributed by atoms with van der Waals surface area (Å²) in [4.78, 5) is 10.0. The first-order chi connectivity index (χ1) is 35.7. The second-order valence-electron chi connectivity index (χ2n) is 18.7. The second-order valence-corrected chi connectivity index (χ2v) is 18.7. The molecule has 5 heteroatoms. The number of anilines is 4. The molecule has 2 aromatic heterocycles. The molecule has 10 aromatic carbocycles. The average molecular weight is 923 g/mol. The van der Waals surface area contributed by atoms with Crippen LogP contribution in [0.3, 0.4) is 0 Å². The highest BCUT2D eigenvalue weighted by atomic mass is 16.5. The Labute approximate surface area is 418 Å². The van der Waals surface area contributed by atoms with Gasteiger partial charge in [-0.2, -0.15) is 0 Å². The first-order valence-corrected chi connectivity index (χ1v) is 24.6. The zero-order valence-electron chi connectivity index (χ0n) is 39.3. The van der Waals surface area contributed by atoms with Gasteiger partial charge in [-0.05, 0) is 99.1 Å². The maximum absolute atomic E-state index is 6.91. The summed E-state index contributed by atoms with van der Waals surface area (Å²) in [5.41, 5.74) is 18.2. The Hall–Kier alpha value is -9.45. The van der Waals surface area contributed by atoms with Gasteiger partial charge in [0.2, 0.25) is 0 Å². The van der Waals surface area contributed by atoms with E-state index in [2.05, 4.69) is 269 Å². The first-order valence-electron chi connectivity index (χ1n) is 24.6. The number of rotatable bonds is 9. The van der Waals surface area contributed by atoms with Crippen LogP contribution in [0.4, 0.5) is 22.7 Å². The van der Waals surface area contributed by atoms with Gasteiger partial charge < -0.3 is 14.5 Å². The Morgan fingerprint density at radius 2 is 0.944 bits per heavy atom. The molecule has 12 aromatic rings. The number of nitrogens with zero attached hydrogens (tertiary/aromatic N) is 4. The van der Waals surface area contributed by atoms with Crippen molar-refractivity contribution in [3.05, 3.63) is 289 Å². The minimum absolute atomic E-state index is 0.549. The molecule has 0 saturated carbocycles. The molecule has 0 fully saturated rings. The van der Waals surface area contributed by atoms with Crippen molar-refractivity contribution in [2.45, 2.75) is 5.41 Å². The van der Waals surface area contributed by atoms with E-state index in [-0.39, 0.29) is 0 Å². The Kier molecular flexibility index (Phi) is 9.75. The fourth-order valence-corrected chi connectivity index (χ4v) is 11.8. The highest BCUT2D eigenvalue weighted by Gasteiger charge is 2.46. The summed E-state index contributed by atoms with van der Waals surface area (Å²) in [6, 6.07) is 93.6. The van der Waals surface area contributed by atoms with Gasteiger partial charge in [0.25, 0.3) is 0 Å². The third-order valence-electron chi connectivity index (χ3n) is 14.8. The van der Waals surface area contributed by atoms with Crippen LogP contribution in [0.2, 0.25) is 0 Å². The Morgan fingerprint density at radius 1 is 0.389 bits per heavy atom. The number of hydrogen-bond acceptors (Lipinski definition) is 4.